The standard InChI is InChI=1S/C12H13N3/c1-2-3-6-13-8-10-4-5-11-9-14-15-12(11)7-10/h4-5,7,9,13H,6,8H2,1H3,(H,14,15). The van der Waals surface area contributed by atoms with Crippen LogP contribution >= 0.6 is 0 Å². The van der Waals surface area contributed by atoms with E-state index in [1.807, 2.05) is 13.1 Å². The Morgan fingerprint density at radius 3 is 3.27 bits per heavy atom. The summed E-state index contributed by atoms with van der Waals surface area (Å²) in [7, 11) is 0. The predicted octanol–water partition coefficient (Wildman–Crippen LogP) is 1.68. The Labute approximate surface area is 88.9 Å². The van der Waals surface area contributed by atoms with Crippen LogP contribution in [0.3, 0.4) is 0 Å². The van der Waals surface area contributed by atoms with Crippen LogP contribution in [0.4, 0.5) is 0 Å². The average molecular weight is 199 g/mol. The molecule has 3 heteroatoms. The normalized spacial score (nSPS) is 9.93. The summed E-state index contributed by atoms with van der Waals surface area (Å²) in [4.78, 5) is 0. The van der Waals surface area contributed by atoms with Crippen LogP contribution in [0, 0.1) is 11.8 Å². The summed E-state index contributed by atoms with van der Waals surface area (Å²) in [6, 6.07) is 6.28. The molecule has 0 atom stereocenters. The first kappa shape index (κ1) is 9.75. The van der Waals surface area contributed by atoms with Crippen molar-refractivity contribution >= 4 is 10.9 Å². The van der Waals surface area contributed by atoms with Crippen molar-refractivity contribution in [1.82, 2.24) is 15.5 Å². The van der Waals surface area contributed by atoms with Crippen molar-refractivity contribution in [2.45, 2.75) is 13.5 Å². The van der Waals surface area contributed by atoms with E-state index in [1.165, 1.54) is 5.56 Å². The monoisotopic (exact) mass is 199 g/mol. The van der Waals surface area contributed by atoms with Gasteiger partial charge in [0, 0.05) is 11.9 Å². The molecule has 0 saturated heterocycles. The van der Waals surface area contributed by atoms with Gasteiger partial charge < -0.3 is 5.32 Å². The van der Waals surface area contributed by atoms with Crippen molar-refractivity contribution in [3.05, 3.63) is 30.0 Å². The molecule has 0 radical (unpaired) electrons. The van der Waals surface area contributed by atoms with Gasteiger partial charge in [-0.1, -0.05) is 18.1 Å². The lowest BCUT2D eigenvalue weighted by Gasteiger charge is -2.00. The number of nitrogens with zero attached hydrogens (tertiary/aromatic N) is 1. The number of hydrogen-bond donors (Lipinski definition) is 2. The van der Waals surface area contributed by atoms with Crippen LogP contribution in [0.25, 0.3) is 10.9 Å². The van der Waals surface area contributed by atoms with Gasteiger partial charge in [-0.25, -0.2) is 0 Å². The minimum absolute atomic E-state index is 0.734. The van der Waals surface area contributed by atoms with E-state index in [1.54, 1.807) is 0 Å². The van der Waals surface area contributed by atoms with Crippen molar-refractivity contribution in [3.63, 3.8) is 0 Å². The van der Waals surface area contributed by atoms with Gasteiger partial charge in [-0.2, -0.15) is 5.10 Å². The summed E-state index contributed by atoms with van der Waals surface area (Å²) in [5, 5.41) is 11.3. The zero-order valence-electron chi connectivity index (χ0n) is 8.67. The molecule has 76 valence electrons. The molecule has 0 spiro atoms. The van der Waals surface area contributed by atoms with Gasteiger partial charge in [0.15, 0.2) is 0 Å². The number of rotatable bonds is 3. The number of benzene rings is 1. The third kappa shape index (κ3) is 2.36. The second-order valence-electron chi connectivity index (χ2n) is 3.32. The van der Waals surface area contributed by atoms with Crippen molar-refractivity contribution in [2.24, 2.45) is 0 Å². The van der Waals surface area contributed by atoms with Gasteiger partial charge in [0.2, 0.25) is 0 Å². The molecule has 0 aliphatic carbocycles. The van der Waals surface area contributed by atoms with Gasteiger partial charge in [-0.05, 0) is 18.6 Å². The van der Waals surface area contributed by atoms with E-state index in [0.717, 1.165) is 24.0 Å². The Hall–Kier alpha value is -1.79. The Bertz CT molecular complexity index is 502. The highest BCUT2D eigenvalue weighted by atomic mass is 15.1. The molecule has 2 N–H and O–H groups in total. The summed E-state index contributed by atoms with van der Waals surface area (Å²) in [5.41, 5.74) is 2.32. The molecule has 1 heterocycles. The highest BCUT2D eigenvalue weighted by molar-refractivity contribution is 5.78. The third-order valence-corrected chi connectivity index (χ3v) is 2.23. The molecule has 0 aliphatic heterocycles. The molecule has 0 unspecified atom stereocenters. The van der Waals surface area contributed by atoms with Gasteiger partial charge in [0.05, 0.1) is 18.3 Å². The van der Waals surface area contributed by atoms with E-state index in [2.05, 4.69) is 45.6 Å². The highest BCUT2D eigenvalue weighted by Gasteiger charge is 1.96. The molecule has 0 amide bonds. The van der Waals surface area contributed by atoms with Gasteiger partial charge in [-0.3, -0.25) is 5.10 Å². The first-order valence-electron chi connectivity index (χ1n) is 4.92. The largest absolute Gasteiger partial charge is 0.302 e. The molecule has 0 aliphatic rings. The van der Waals surface area contributed by atoms with Crippen molar-refractivity contribution in [3.8, 4) is 11.8 Å². The van der Waals surface area contributed by atoms with Crippen LogP contribution in [-0.4, -0.2) is 16.7 Å². The van der Waals surface area contributed by atoms with Crippen LogP contribution < -0.4 is 5.32 Å². The van der Waals surface area contributed by atoms with Crippen molar-refractivity contribution < 1.29 is 0 Å². The second-order valence-corrected chi connectivity index (χ2v) is 3.32. The van der Waals surface area contributed by atoms with E-state index in [9.17, 15) is 0 Å². The van der Waals surface area contributed by atoms with Crippen molar-refractivity contribution in [1.29, 1.82) is 0 Å². The van der Waals surface area contributed by atoms with E-state index >= 15 is 0 Å². The maximum Gasteiger partial charge on any atom is 0.0653 e. The molecular weight excluding hydrogens is 186 g/mol. The van der Waals surface area contributed by atoms with Gasteiger partial charge in [-0.15, -0.1) is 5.92 Å². The molecule has 0 saturated carbocycles. The number of aromatic amines is 1. The van der Waals surface area contributed by atoms with E-state index in [-0.39, 0.29) is 0 Å². The molecular formula is C12H13N3. The highest BCUT2D eigenvalue weighted by Crippen LogP contribution is 2.12. The number of hydrogen-bond acceptors (Lipinski definition) is 2. The maximum atomic E-state index is 3.98. The number of H-pyrrole nitrogens is 1. The lowest BCUT2D eigenvalue weighted by Crippen LogP contribution is -2.12. The van der Waals surface area contributed by atoms with E-state index < -0.39 is 0 Å². The topological polar surface area (TPSA) is 40.7 Å². The summed E-state index contributed by atoms with van der Waals surface area (Å²) in [6.07, 6.45) is 1.83. The average Bonchev–Trinajstić information content (AvgIpc) is 2.71. The first-order chi connectivity index (χ1) is 7.40. The van der Waals surface area contributed by atoms with Crippen LogP contribution in [0.5, 0.6) is 0 Å². The fraction of sp³-hybridized carbons (Fsp3) is 0.250. The SMILES string of the molecule is CC#CCNCc1ccc2cn[nH]c2c1. The minimum Gasteiger partial charge on any atom is -0.302 e. The van der Waals surface area contributed by atoms with Crippen LogP contribution in [-0.2, 0) is 6.54 Å². The van der Waals surface area contributed by atoms with Crippen molar-refractivity contribution in [2.75, 3.05) is 6.54 Å². The van der Waals surface area contributed by atoms with Crippen LogP contribution in [0.15, 0.2) is 24.4 Å². The fourth-order valence-corrected chi connectivity index (χ4v) is 1.45. The van der Waals surface area contributed by atoms with Crippen LogP contribution in [0.2, 0.25) is 0 Å². The molecule has 15 heavy (non-hydrogen) atoms. The molecule has 2 aromatic rings. The van der Waals surface area contributed by atoms with Gasteiger partial charge in [0.1, 0.15) is 0 Å². The summed E-state index contributed by atoms with van der Waals surface area (Å²) < 4.78 is 0. The van der Waals surface area contributed by atoms with E-state index in [4.69, 9.17) is 0 Å². The summed E-state index contributed by atoms with van der Waals surface area (Å²) in [6.45, 7) is 3.42. The zero-order valence-corrected chi connectivity index (χ0v) is 8.67. The molecule has 0 fully saturated rings. The van der Waals surface area contributed by atoms with Gasteiger partial charge >= 0.3 is 0 Å². The lowest BCUT2D eigenvalue weighted by molar-refractivity contribution is 0.770. The zero-order chi connectivity index (χ0) is 10.5. The molecule has 1 aromatic carbocycles. The third-order valence-electron chi connectivity index (χ3n) is 2.23. The molecule has 3 nitrogen and oxygen atoms in total. The quantitative estimate of drug-likeness (QED) is 0.583. The predicted molar refractivity (Wildman–Crippen MR) is 61.3 cm³/mol. The Kier molecular flexibility index (Phi) is 3.01. The first-order valence-corrected chi connectivity index (χ1v) is 4.92. The summed E-state index contributed by atoms with van der Waals surface area (Å²) >= 11 is 0. The van der Waals surface area contributed by atoms with Crippen LogP contribution in [0.1, 0.15) is 12.5 Å². The van der Waals surface area contributed by atoms with E-state index in [0.29, 0.717) is 0 Å². The minimum atomic E-state index is 0.734. The Morgan fingerprint density at radius 2 is 2.40 bits per heavy atom. The molecule has 0 bridgehead atoms. The second kappa shape index (κ2) is 4.63. The smallest absolute Gasteiger partial charge is 0.0653 e. The number of nitrogens with one attached hydrogen (secondary N) is 2. The maximum absolute atomic E-state index is 3.98. The Balaban J connectivity index is 2.03. The lowest BCUT2D eigenvalue weighted by atomic mass is 10.2. The fourth-order valence-electron chi connectivity index (χ4n) is 1.45. The Morgan fingerprint density at radius 1 is 1.47 bits per heavy atom. The molecule has 2 rings (SSSR count). The number of aromatic nitrogens is 2. The summed E-state index contributed by atoms with van der Waals surface area (Å²) in [5.74, 6) is 5.82. The number of fused-ring (bicyclic) bond motifs is 1. The van der Waals surface area contributed by atoms with Gasteiger partial charge in [0.25, 0.3) is 0 Å². The molecule has 1 aromatic heterocycles.